The highest BCUT2D eigenvalue weighted by molar-refractivity contribution is 7.19. The molecule has 3 rings (SSSR count). The van der Waals surface area contributed by atoms with Crippen molar-refractivity contribution in [3.05, 3.63) is 75.1 Å². The van der Waals surface area contributed by atoms with Gasteiger partial charge in [0.1, 0.15) is 15.4 Å². The highest BCUT2D eigenvalue weighted by Crippen LogP contribution is 2.42. The molecule has 162 valence electrons. The van der Waals surface area contributed by atoms with Gasteiger partial charge in [-0.05, 0) is 43.3 Å². The minimum atomic E-state index is -4.63. The van der Waals surface area contributed by atoms with E-state index in [1.54, 1.807) is 6.92 Å². The standard InChI is InChI=1S/C21H16ClF3N2O3S/c1-2-30-20(29)15-16(26)18(17(28)11-7-9-12(22)10-8-11)31-19(15)27-14-6-4-3-5-13(14)21(23,24)25/h3-10,27H,2,26H2,1H3. The summed E-state index contributed by atoms with van der Waals surface area (Å²) in [6.45, 7) is 1.60. The number of para-hydroxylation sites is 1. The number of thiophene rings is 1. The van der Waals surface area contributed by atoms with Crippen LogP contribution in [0.5, 0.6) is 0 Å². The monoisotopic (exact) mass is 468 g/mol. The number of halogens is 4. The highest BCUT2D eigenvalue weighted by Gasteiger charge is 2.34. The van der Waals surface area contributed by atoms with Gasteiger partial charge >= 0.3 is 12.1 Å². The van der Waals surface area contributed by atoms with Gasteiger partial charge in [0.25, 0.3) is 0 Å². The Morgan fingerprint density at radius 3 is 2.39 bits per heavy atom. The van der Waals surface area contributed by atoms with E-state index in [0.29, 0.717) is 5.02 Å². The fourth-order valence-electron chi connectivity index (χ4n) is 2.80. The average Bonchev–Trinajstić information content (AvgIpc) is 3.03. The summed E-state index contributed by atoms with van der Waals surface area (Å²) in [5.41, 5.74) is 4.76. The lowest BCUT2D eigenvalue weighted by molar-refractivity contribution is -0.136. The molecule has 0 amide bonds. The molecule has 3 N–H and O–H groups in total. The predicted molar refractivity (Wildman–Crippen MR) is 114 cm³/mol. The van der Waals surface area contributed by atoms with Crippen LogP contribution in [0, 0.1) is 0 Å². The number of nitrogens with two attached hydrogens (primary N) is 1. The van der Waals surface area contributed by atoms with E-state index < -0.39 is 23.5 Å². The van der Waals surface area contributed by atoms with Gasteiger partial charge in [0, 0.05) is 10.6 Å². The van der Waals surface area contributed by atoms with Gasteiger partial charge in [0.05, 0.1) is 23.5 Å². The molecule has 1 aromatic heterocycles. The third-order valence-electron chi connectivity index (χ3n) is 4.22. The van der Waals surface area contributed by atoms with Gasteiger partial charge in [-0.25, -0.2) is 4.79 Å². The first kappa shape index (κ1) is 22.6. The summed E-state index contributed by atoms with van der Waals surface area (Å²) in [7, 11) is 0. The molecule has 2 aromatic carbocycles. The maximum absolute atomic E-state index is 13.4. The number of benzene rings is 2. The smallest absolute Gasteiger partial charge is 0.418 e. The van der Waals surface area contributed by atoms with Crippen LogP contribution in [0.2, 0.25) is 5.02 Å². The number of anilines is 3. The van der Waals surface area contributed by atoms with E-state index in [0.717, 1.165) is 17.4 Å². The van der Waals surface area contributed by atoms with Crippen molar-refractivity contribution in [3.8, 4) is 0 Å². The normalized spacial score (nSPS) is 11.3. The number of hydrogen-bond donors (Lipinski definition) is 2. The molecule has 0 atom stereocenters. The van der Waals surface area contributed by atoms with Crippen LogP contribution in [0.15, 0.2) is 48.5 Å². The van der Waals surface area contributed by atoms with E-state index in [4.69, 9.17) is 22.1 Å². The zero-order valence-corrected chi connectivity index (χ0v) is 17.6. The molecule has 0 saturated carbocycles. The lowest BCUT2D eigenvalue weighted by Gasteiger charge is -2.14. The van der Waals surface area contributed by atoms with Crippen LogP contribution in [-0.2, 0) is 10.9 Å². The SMILES string of the molecule is CCOC(=O)c1c(Nc2ccccc2C(F)(F)F)sc(C(=O)c2ccc(Cl)cc2)c1N. The summed E-state index contributed by atoms with van der Waals surface area (Å²) >= 11 is 6.62. The van der Waals surface area contributed by atoms with Crippen LogP contribution >= 0.6 is 22.9 Å². The zero-order chi connectivity index (χ0) is 22.8. The van der Waals surface area contributed by atoms with Crippen molar-refractivity contribution in [2.75, 3.05) is 17.7 Å². The number of carbonyl (C=O) groups excluding carboxylic acids is 2. The second kappa shape index (κ2) is 8.99. The van der Waals surface area contributed by atoms with Crippen molar-refractivity contribution in [1.82, 2.24) is 0 Å². The lowest BCUT2D eigenvalue weighted by Crippen LogP contribution is -2.11. The summed E-state index contributed by atoms with van der Waals surface area (Å²) in [6.07, 6.45) is -4.63. The molecular formula is C21H16ClF3N2O3S. The summed E-state index contributed by atoms with van der Waals surface area (Å²) in [4.78, 5) is 25.4. The molecule has 5 nitrogen and oxygen atoms in total. The molecule has 0 aliphatic carbocycles. The van der Waals surface area contributed by atoms with Crippen molar-refractivity contribution in [2.24, 2.45) is 0 Å². The summed E-state index contributed by atoms with van der Waals surface area (Å²) in [5.74, 6) is -1.35. The quantitative estimate of drug-likeness (QED) is 0.335. The van der Waals surface area contributed by atoms with Gasteiger partial charge in [0.2, 0.25) is 5.78 Å². The van der Waals surface area contributed by atoms with Crippen LogP contribution in [-0.4, -0.2) is 18.4 Å². The second-order valence-corrected chi connectivity index (χ2v) is 7.73. The van der Waals surface area contributed by atoms with Gasteiger partial charge in [0.15, 0.2) is 0 Å². The Bertz CT molecular complexity index is 1130. The zero-order valence-electron chi connectivity index (χ0n) is 16.0. The number of nitrogens with one attached hydrogen (secondary N) is 1. The fraction of sp³-hybridized carbons (Fsp3) is 0.143. The Kier molecular flexibility index (Phi) is 6.56. The van der Waals surface area contributed by atoms with Crippen molar-refractivity contribution < 1.29 is 27.5 Å². The summed E-state index contributed by atoms with van der Waals surface area (Å²) < 4.78 is 45.1. The van der Waals surface area contributed by atoms with Gasteiger partial charge in [-0.1, -0.05) is 23.7 Å². The van der Waals surface area contributed by atoms with E-state index in [-0.39, 0.29) is 39.0 Å². The minimum absolute atomic E-state index is 0.00244. The Hall–Kier alpha value is -3.04. The number of carbonyl (C=O) groups is 2. The van der Waals surface area contributed by atoms with E-state index in [1.807, 2.05) is 0 Å². The third kappa shape index (κ3) is 4.83. The fourth-order valence-corrected chi connectivity index (χ4v) is 4.01. The molecule has 0 aliphatic rings. The van der Waals surface area contributed by atoms with E-state index in [1.165, 1.54) is 42.5 Å². The Morgan fingerprint density at radius 2 is 1.77 bits per heavy atom. The van der Waals surface area contributed by atoms with Crippen molar-refractivity contribution in [1.29, 1.82) is 0 Å². The topological polar surface area (TPSA) is 81.4 Å². The van der Waals surface area contributed by atoms with E-state index in [2.05, 4.69) is 5.32 Å². The van der Waals surface area contributed by atoms with Crippen molar-refractivity contribution in [3.63, 3.8) is 0 Å². The van der Waals surface area contributed by atoms with E-state index in [9.17, 15) is 22.8 Å². The van der Waals surface area contributed by atoms with Gasteiger partial charge in [-0.3, -0.25) is 4.79 Å². The molecule has 0 bridgehead atoms. The molecule has 0 spiro atoms. The van der Waals surface area contributed by atoms with Crippen LogP contribution in [0.4, 0.5) is 29.5 Å². The molecular weight excluding hydrogens is 453 g/mol. The number of rotatable bonds is 6. The van der Waals surface area contributed by atoms with Crippen molar-refractivity contribution in [2.45, 2.75) is 13.1 Å². The Morgan fingerprint density at radius 1 is 1.13 bits per heavy atom. The number of alkyl halides is 3. The first-order chi connectivity index (χ1) is 14.6. The molecule has 31 heavy (non-hydrogen) atoms. The Balaban J connectivity index is 2.10. The predicted octanol–water partition coefficient (Wildman–Crippen LogP) is 6.15. The summed E-state index contributed by atoms with van der Waals surface area (Å²) in [5, 5.41) is 3.01. The van der Waals surface area contributed by atoms with Crippen molar-refractivity contribution >= 4 is 51.1 Å². The minimum Gasteiger partial charge on any atom is -0.462 e. The molecule has 0 fully saturated rings. The first-order valence-corrected chi connectivity index (χ1v) is 10.2. The highest BCUT2D eigenvalue weighted by atomic mass is 35.5. The second-order valence-electron chi connectivity index (χ2n) is 6.27. The first-order valence-electron chi connectivity index (χ1n) is 8.96. The maximum Gasteiger partial charge on any atom is 0.418 e. The van der Waals surface area contributed by atoms with Gasteiger partial charge in [-0.2, -0.15) is 13.2 Å². The molecule has 3 aromatic rings. The molecule has 0 unspecified atom stereocenters. The molecule has 0 radical (unpaired) electrons. The number of hydrogen-bond acceptors (Lipinski definition) is 6. The number of ketones is 1. The van der Waals surface area contributed by atoms with Crippen LogP contribution in [0.25, 0.3) is 0 Å². The number of esters is 1. The van der Waals surface area contributed by atoms with E-state index >= 15 is 0 Å². The number of nitrogen functional groups attached to an aromatic ring is 1. The Labute approximate surface area is 184 Å². The molecule has 0 aliphatic heterocycles. The maximum atomic E-state index is 13.4. The molecule has 0 saturated heterocycles. The van der Waals surface area contributed by atoms with Crippen LogP contribution in [0.1, 0.15) is 38.1 Å². The van der Waals surface area contributed by atoms with Crippen LogP contribution in [0.3, 0.4) is 0 Å². The molecule has 10 heteroatoms. The molecule has 1 heterocycles. The number of ether oxygens (including phenoxy) is 1. The largest absolute Gasteiger partial charge is 0.462 e. The van der Waals surface area contributed by atoms with Crippen LogP contribution < -0.4 is 11.1 Å². The third-order valence-corrected chi connectivity index (χ3v) is 5.59. The van der Waals surface area contributed by atoms with Gasteiger partial charge < -0.3 is 15.8 Å². The average molecular weight is 469 g/mol. The lowest BCUT2D eigenvalue weighted by atomic mass is 10.1. The summed E-state index contributed by atoms with van der Waals surface area (Å²) in [6, 6.07) is 10.8. The van der Waals surface area contributed by atoms with Gasteiger partial charge in [-0.15, -0.1) is 11.3 Å².